The van der Waals surface area contributed by atoms with Gasteiger partial charge in [-0.1, -0.05) is 54.0 Å². The summed E-state index contributed by atoms with van der Waals surface area (Å²) in [7, 11) is 0. The average molecular weight is 986 g/mol. The predicted octanol–water partition coefficient (Wildman–Crippen LogP) is 5.02. The molecule has 0 radical (unpaired) electrons. The second-order valence-corrected chi connectivity index (χ2v) is 18.3. The van der Waals surface area contributed by atoms with E-state index in [-0.39, 0.29) is 48.6 Å². The highest BCUT2D eigenvalue weighted by atomic mass is 35.5. The maximum Gasteiger partial charge on any atom is 0.246 e. The van der Waals surface area contributed by atoms with Crippen LogP contribution in [0.5, 0.6) is 0 Å². The molecule has 1 aliphatic carbocycles. The van der Waals surface area contributed by atoms with Crippen LogP contribution in [0.15, 0.2) is 90.3 Å². The van der Waals surface area contributed by atoms with Gasteiger partial charge in [-0.05, 0) is 61.4 Å². The van der Waals surface area contributed by atoms with E-state index in [1.165, 1.54) is 12.2 Å². The summed E-state index contributed by atoms with van der Waals surface area (Å²) in [5.74, 6) is 0.309. The van der Waals surface area contributed by atoms with E-state index in [1.54, 1.807) is 58.7 Å². The largest absolute Gasteiger partial charge is 0.374 e. The molecular weight excluding hydrogens is 931 g/mol. The van der Waals surface area contributed by atoms with E-state index in [2.05, 4.69) is 59.2 Å². The number of carbonyl (C=O) groups excluding carboxylic acids is 4. The summed E-state index contributed by atoms with van der Waals surface area (Å²) in [5, 5.41) is 14.3. The van der Waals surface area contributed by atoms with Crippen molar-refractivity contribution in [3.63, 3.8) is 0 Å². The van der Waals surface area contributed by atoms with Crippen LogP contribution < -0.4 is 21.3 Å². The van der Waals surface area contributed by atoms with Gasteiger partial charge >= 0.3 is 0 Å². The molecule has 0 spiro atoms. The molecule has 1 saturated carbocycles. The van der Waals surface area contributed by atoms with E-state index in [1.807, 2.05) is 22.8 Å². The smallest absolute Gasteiger partial charge is 0.246 e. The van der Waals surface area contributed by atoms with Gasteiger partial charge in [0.2, 0.25) is 35.5 Å². The highest BCUT2D eigenvalue weighted by Crippen LogP contribution is 2.44. The second-order valence-electron chi connectivity index (χ2n) is 17.1. The Morgan fingerprint density at radius 3 is 1.71 bits per heavy atom. The molecule has 21 heteroatoms. The Hall–Kier alpha value is -6.05. The number of nitrogens with one attached hydrogen (secondary N) is 4. The summed E-state index contributed by atoms with van der Waals surface area (Å²) in [6.07, 6.45) is 9.97. The topological polar surface area (TPSA) is 186 Å². The van der Waals surface area contributed by atoms with Gasteiger partial charge < -0.3 is 40.9 Å². The van der Waals surface area contributed by atoms with Crippen molar-refractivity contribution >= 4 is 98.8 Å². The van der Waals surface area contributed by atoms with Gasteiger partial charge in [-0.25, -0.2) is 20.0 Å². The Balaban J connectivity index is 0.912. The summed E-state index contributed by atoms with van der Waals surface area (Å²) >= 11 is 20.0. The number of amides is 4. The minimum Gasteiger partial charge on any atom is -0.374 e. The number of anilines is 5. The molecule has 4 amide bonds. The molecule has 2 aromatic carbocycles. The monoisotopic (exact) mass is 984 g/mol. The molecule has 68 heavy (non-hydrogen) atoms. The fourth-order valence-corrected chi connectivity index (χ4v) is 9.29. The molecule has 5 fully saturated rings. The fraction of sp³-hybridized carbons (Fsp3) is 0.404. The molecule has 3 aromatic rings. The number of rotatable bonds is 15. The lowest BCUT2D eigenvalue weighted by atomic mass is 10.1. The van der Waals surface area contributed by atoms with Crippen LogP contribution in [0.2, 0.25) is 15.1 Å². The lowest BCUT2D eigenvalue weighted by molar-refractivity contribution is -0.137. The van der Waals surface area contributed by atoms with E-state index < -0.39 is 0 Å². The van der Waals surface area contributed by atoms with Gasteiger partial charge in [-0.2, -0.15) is 0 Å². The molecule has 18 nitrogen and oxygen atoms in total. The standard InChI is InChI=1S/C47H55Cl3N14O4/c1-4-8-51-47(58-41-23-36(50)35(49)22-39(41)55-25-45(68)62-17-13-60(14-18-62)31-28-64(29-31)43(66)6-3)56-37-20-33(37)32-19-38(40(21-34(32)48)57-46-52-9-7-10-53-46)54-24-44(67)61-15-11-59(12-16-61)30-26-63(27-30)42(65)5-2/h4-10,19,21-23,30-31,33,54-55H,2-3,11-18,20,24-29H2,1H3,(H,51,58)(H,52,53,57)/b8-4-,56-37+. The van der Waals surface area contributed by atoms with Gasteiger partial charge in [-0.3, -0.25) is 29.0 Å². The van der Waals surface area contributed by atoms with Crippen LogP contribution in [0.3, 0.4) is 0 Å². The van der Waals surface area contributed by atoms with Crippen molar-refractivity contribution in [1.29, 1.82) is 0 Å². The third kappa shape index (κ3) is 11.6. The van der Waals surface area contributed by atoms with Crippen molar-refractivity contribution in [2.75, 3.05) is 113 Å². The number of piperazine rings is 2. The quantitative estimate of drug-likeness (QED) is 0.0908. The zero-order valence-electron chi connectivity index (χ0n) is 37.8. The number of benzene rings is 2. The Kier molecular flexibility index (Phi) is 15.6. The van der Waals surface area contributed by atoms with Gasteiger partial charge in [0.05, 0.1) is 45.9 Å². The van der Waals surface area contributed by atoms with Crippen molar-refractivity contribution in [1.82, 2.24) is 39.4 Å². The number of halogens is 3. The Morgan fingerprint density at radius 2 is 1.19 bits per heavy atom. The van der Waals surface area contributed by atoms with Crippen molar-refractivity contribution in [2.24, 2.45) is 9.98 Å². The number of nitrogens with zero attached hydrogens (tertiary/aromatic N) is 10. The van der Waals surface area contributed by atoms with Gasteiger partial charge in [0.15, 0.2) is 0 Å². The molecular formula is C47H55Cl3N14O4. The van der Waals surface area contributed by atoms with Gasteiger partial charge in [0.25, 0.3) is 0 Å². The summed E-state index contributed by atoms with van der Waals surface area (Å²) in [4.78, 5) is 80.9. The first-order valence-electron chi connectivity index (χ1n) is 22.6. The van der Waals surface area contributed by atoms with Gasteiger partial charge in [-0.15, -0.1) is 0 Å². The zero-order valence-corrected chi connectivity index (χ0v) is 40.1. The molecule has 358 valence electrons. The van der Waals surface area contributed by atoms with Crippen LogP contribution in [0.1, 0.15) is 24.8 Å². The van der Waals surface area contributed by atoms with Crippen LogP contribution in [0.4, 0.5) is 28.7 Å². The van der Waals surface area contributed by atoms with E-state index in [4.69, 9.17) is 39.8 Å². The Bertz CT molecular complexity index is 2500. The lowest BCUT2D eigenvalue weighted by Gasteiger charge is -2.47. The van der Waals surface area contributed by atoms with Gasteiger partial charge in [0.1, 0.15) is 0 Å². The molecule has 1 atom stereocenters. The first-order chi connectivity index (χ1) is 32.9. The maximum absolute atomic E-state index is 13.6. The molecule has 1 unspecified atom stereocenters. The van der Waals surface area contributed by atoms with Crippen LogP contribution in [0, 0.1) is 0 Å². The van der Waals surface area contributed by atoms with Crippen LogP contribution in [-0.2, 0) is 19.2 Å². The molecule has 5 heterocycles. The number of hydrogen-bond donors (Lipinski definition) is 4. The highest BCUT2D eigenvalue weighted by Gasteiger charge is 2.38. The third-order valence-corrected chi connectivity index (χ3v) is 13.9. The summed E-state index contributed by atoms with van der Waals surface area (Å²) < 4.78 is 0. The van der Waals surface area contributed by atoms with Crippen LogP contribution in [0.25, 0.3) is 0 Å². The SMILES string of the molecule is C=CC(=O)N1CC(N2CCN(C(=O)CNc3cc(Cl)c(Cl)cc3NC(=N/C=C\C)/N=C3\CC3c3cc(NCC(=O)N4CCN(C5CN(C(=O)C=C)C5)CC4)c(Nc4ncccn4)cc3Cl)CC2)C1. The number of aliphatic imine (C=N–C) groups is 2. The van der Waals surface area contributed by atoms with E-state index in [9.17, 15) is 19.2 Å². The number of guanidine groups is 1. The van der Waals surface area contributed by atoms with Crippen molar-refractivity contribution in [2.45, 2.75) is 31.3 Å². The first-order valence-corrected chi connectivity index (χ1v) is 23.8. The maximum atomic E-state index is 13.6. The molecule has 4 saturated heterocycles. The van der Waals surface area contributed by atoms with Crippen molar-refractivity contribution < 1.29 is 19.2 Å². The normalized spacial score (nSPS) is 19.9. The zero-order chi connectivity index (χ0) is 47.9. The predicted molar refractivity (Wildman–Crippen MR) is 268 cm³/mol. The lowest BCUT2D eigenvalue weighted by Crippen LogP contribution is -2.64. The molecule has 5 aliphatic rings. The summed E-state index contributed by atoms with van der Waals surface area (Å²) in [6, 6.07) is 9.37. The fourth-order valence-electron chi connectivity index (χ4n) is 8.67. The van der Waals surface area contributed by atoms with Crippen LogP contribution in [-0.4, -0.2) is 178 Å². The Morgan fingerprint density at radius 1 is 0.691 bits per heavy atom. The number of hydrogen-bond acceptors (Lipinski definition) is 12. The van der Waals surface area contributed by atoms with Crippen molar-refractivity contribution in [3.8, 4) is 0 Å². The number of allylic oxidation sites excluding steroid dienone is 1. The highest BCUT2D eigenvalue weighted by molar-refractivity contribution is 6.42. The average Bonchev–Trinajstić information content (AvgIpc) is 4.08. The molecule has 4 aliphatic heterocycles. The molecule has 1 aromatic heterocycles. The van der Waals surface area contributed by atoms with Crippen LogP contribution >= 0.6 is 34.8 Å². The van der Waals surface area contributed by atoms with E-state index in [0.717, 1.165) is 37.5 Å². The first kappa shape index (κ1) is 48.4. The molecule has 4 N–H and O–H groups in total. The molecule has 0 bridgehead atoms. The van der Waals surface area contributed by atoms with E-state index >= 15 is 0 Å². The van der Waals surface area contributed by atoms with Crippen molar-refractivity contribution in [3.05, 3.63) is 101 Å². The third-order valence-electron chi connectivity index (χ3n) is 12.8. The van der Waals surface area contributed by atoms with Gasteiger partial charge in [0, 0.05) is 126 Å². The number of likely N-dealkylation sites (tertiary alicyclic amines) is 2. The summed E-state index contributed by atoms with van der Waals surface area (Å²) in [5.41, 5.74) is 3.95. The summed E-state index contributed by atoms with van der Waals surface area (Å²) in [6.45, 7) is 17.0. The second kappa shape index (κ2) is 21.9. The number of aromatic nitrogens is 2. The minimum absolute atomic E-state index is 0.0219. The van der Waals surface area contributed by atoms with E-state index in [0.29, 0.717) is 115 Å². The number of carbonyl (C=O) groups is 4. The Labute approximate surface area is 410 Å². The molecule has 8 rings (SSSR count). The minimum atomic E-state index is -0.141.